The van der Waals surface area contributed by atoms with E-state index in [1.54, 1.807) is 10.9 Å². The number of carbonyl (C=O) groups is 1. The fraction of sp³-hybridized carbons (Fsp3) is 0.156. The van der Waals surface area contributed by atoms with Crippen LogP contribution in [0.3, 0.4) is 0 Å². The van der Waals surface area contributed by atoms with Crippen LogP contribution < -0.4 is 10.2 Å². The van der Waals surface area contributed by atoms with Crippen LogP contribution in [0.15, 0.2) is 73.3 Å². The summed E-state index contributed by atoms with van der Waals surface area (Å²) in [5.74, 6) is 1.15. The van der Waals surface area contributed by atoms with Crippen LogP contribution >= 0.6 is 0 Å². The van der Waals surface area contributed by atoms with E-state index in [2.05, 4.69) is 37.5 Å². The molecule has 0 spiro atoms. The average Bonchev–Trinajstić information content (AvgIpc) is 3.65. The van der Waals surface area contributed by atoms with Gasteiger partial charge in [0.1, 0.15) is 0 Å². The molecule has 0 unspecified atom stereocenters. The van der Waals surface area contributed by atoms with Gasteiger partial charge >= 0.3 is 0 Å². The number of amides is 1. The van der Waals surface area contributed by atoms with Gasteiger partial charge in [-0.1, -0.05) is 24.3 Å². The van der Waals surface area contributed by atoms with Crippen LogP contribution in [0.2, 0.25) is 0 Å². The Balaban J connectivity index is 1.27. The number of para-hydroxylation sites is 1. The van der Waals surface area contributed by atoms with E-state index in [0.29, 0.717) is 18.3 Å². The molecular weight excluding hydrogens is 512 g/mol. The first kappa shape index (κ1) is 24.7. The second kappa shape index (κ2) is 9.41. The molecule has 9 heteroatoms. The number of nitrogens with zero attached hydrogens (tertiary/aromatic N) is 6. The number of anilines is 3. The molecule has 6 aromatic rings. The number of aryl methyl sites for hydroxylation is 4. The van der Waals surface area contributed by atoms with Crippen molar-refractivity contribution in [1.82, 2.24) is 29.7 Å². The summed E-state index contributed by atoms with van der Waals surface area (Å²) >= 11 is 0. The highest BCUT2D eigenvalue weighted by atomic mass is 16.2. The molecule has 1 amide bonds. The van der Waals surface area contributed by atoms with Crippen LogP contribution in [0.5, 0.6) is 0 Å². The third-order valence-electron chi connectivity index (χ3n) is 7.84. The van der Waals surface area contributed by atoms with Gasteiger partial charge in [-0.3, -0.25) is 14.5 Å². The van der Waals surface area contributed by atoms with Gasteiger partial charge in [-0.2, -0.15) is 5.10 Å². The Morgan fingerprint density at radius 3 is 2.56 bits per heavy atom. The topological polar surface area (TPSA) is 105 Å². The third kappa shape index (κ3) is 4.05. The predicted molar refractivity (Wildman–Crippen MR) is 160 cm³/mol. The minimum Gasteiger partial charge on any atom is -0.359 e. The first-order valence-corrected chi connectivity index (χ1v) is 13.5. The summed E-state index contributed by atoms with van der Waals surface area (Å²) in [6.45, 7) is 6.53. The second-order valence-electron chi connectivity index (χ2n) is 10.5. The van der Waals surface area contributed by atoms with Gasteiger partial charge in [-0.05, 0) is 66.8 Å². The van der Waals surface area contributed by atoms with Crippen LogP contribution in [0, 0.1) is 20.8 Å². The van der Waals surface area contributed by atoms with Crippen molar-refractivity contribution in [1.29, 1.82) is 0 Å². The van der Waals surface area contributed by atoms with Crippen molar-refractivity contribution in [2.24, 2.45) is 7.05 Å². The molecule has 9 nitrogen and oxygen atoms in total. The fourth-order valence-electron chi connectivity index (χ4n) is 5.63. The zero-order valence-corrected chi connectivity index (χ0v) is 23.2. The molecule has 2 N–H and O–H groups in total. The van der Waals surface area contributed by atoms with Gasteiger partial charge in [-0.25, -0.2) is 9.97 Å². The Morgan fingerprint density at radius 1 is 0.927 bits per heavy atom. The van der Waals surface area contributed by atoms with Crippen molar-refractivity contribution in [2.45, 2.75) is 27.3 Å². The van der Waals surface area contributed by atoms with Crippen LogP contribution in [0.1, 0.15) is 32.7 Å². The Morgan fingerprint density at radius 2 is 1.76 bits per heavy atom. The van der Waals surface area contributed by atoms with E-state index in [9.17, 15) is 4.79 Å². The maximum Gasteiger partial charge on any atom is 0.259 e. The number of fused-ring (bicyclic) bond motifs is 2. The molecule has 7 rings (SSSR count). The minimum atomic E-state index is -0.00688. The minimum absolute atomic E-state index is 0.00688. The van der Waals surface area contributed by atoms with Crippen LogP contribution in [-0.4, -0.2) is 35.6 Å². The Bertz CT molecular complexity index is 1970. The Labute approximate surface area is 236 Å². The molecule has 1 aliphatic rings. The number of aromatic nitrogens is 6. The maximum absolute atomic E-state index is 13.7. The smallest absolute Gasteiger partial charge is 0.259 e. The summed E-state index contributed by atoms with van der Waals surface area (Å²) < 4.78 is 1.80. The lowest BCUT2D eigenvalue weighted by atomic mass is 9.95. The molecule has 5 heterocycles. The first-order chi connectivity index (χ1) is 19.9. The van der Waals surface area contributed by atoms with Crippen LogP contribution in [-0.2, 0) is 13.6 Å². The summed E-state index contributed by atoms with van der Waals surface area (Å²) in [7, 11) is 1.90. The van der Waals surface area contributed by atoms with Crippen molar-refractivity contribution in [2.75, 3.05) is 10.2 Å². The molecule has 1 aliphatic heterocycles. The Kier molecular flexibility index (Phi) is 5.67. The van der Waals surface area contributed by atoms with Crippen molar-refractivity contribution in [3.63, 3.8) is 0 Å². The van der Waals surface area contributed by atoms with Gasteiger partial charge in [0.05, 0.1) is 23.4 Å². The van der Waals surface area contributed by atoms with E-state index >= 15 is 0 Å². The van der Waals surface area contributed by atoms with E-state index in [-0.39, 0.29) is 5.91 Å². The molecular formula is C32H28N8O. The lowest BCUT2D eigenvalue weighted by molar-refractivity contribution is 0.0997. The quantitative estimate of drug-likeness (QED) is 0.268. The highest BCUT2D eigenvalue weighted by molar-refractivity contribution is 6.15. The number of rotatable bonds is 5. The molecule has 41 heavy (non-hydrogen) atoms. The van der Waals surface area contributed by atoms with Gasteiger partial charge in [0.15, 0.2) is 5.82 Å². The fourth-order valence-corrected chi connectivity index (χ4v) is 5.63. The normalized spacial score (nSPS) is 12.8. The summed E-state index contributed by atoms with van der Waals surface area (Å²) in [5, 5.41) is 8.66. The van der Waals surface area contributed by atoms with Gasteiger partial charge in [0.25, 0.3) is 5.91 Å². The number of hydrogen-bond acceptors (Lipinski definition) is 6. The number of nitrogens with one attached hydrogen (secondary N) is 2. The summed E-state index contributed by atoms with van der Waals surface area (Å²) in [4.78, 5) is 32.6. The Hall–Kier alpha value is -5.31. The molecule has 0 radical (unpaired) electrons. The average molecular weight is 541 g/mol. The van der Waals surface area contributed by atoms with Gasteiger partial charge in [-0.15, -0.1) is 0 Å². The monoisotopic (exact) mass is 540 g/mol. The van der Waals surface area contributed by atoms with Gasteiger partial charge in [0.2, 0.25) is 5.95 Å². The molecule has 4 aromatic heterocycles. The largest absolute Gasteiger partial charge is 0.359 e. The van der Waals surface area contributed by atoms with Crippen molar-refractivity contribution >= 4 is 34.3 Å². The highest BCUT2D eigenvalue weighted by Gasteiger charge is 2.32. The SMILES string of the molecule is Cc1cnccc1-c1cccc2c1CN(c1cccc3c(-c4nc(Nc5cc(C)n(C)n5)ncc4C)c[nH]c13)C2=O. The number of hydrogen-bond donors (Lipinski definition) is 2. The van der Waals surface area contributed by atoms with Crippen LogP contribution in [0.25, 0.3) is 33.3 Å². The molecule has 0 fully saturated rings. The number of benzene rings is 2. The number of aromatic amines is 1. The van der Waals surface area contributed by atoms with E-state index in [0.717, 1.165) is 66.9 Å². The number of carbonyl (C=O) groups excluding carboxylic acids is 1. The summed E-state index contributed by atoms with van der Waals surface area (Å²) in [6, 6.07) is 16.0. The lowest BCUT2D eigenvalue weighted by Gasteiger charge is -2.17. The highest BCUT2D eigenvalue weighted by Crippen LogP contribution is 2.40. The lowest BCUT2D eigenvalue weighted by Crippen LogP contribution is -2.23. The van der Waals surface area contributed by atoms with Crippen molar-refractivity contribution < 1.29 is 4.79 Å². The van der Waals surface area contributed by atoms with E-state index in [1.807, 2.05) is 87.7 Å². The maximum atomic E-state index is 13.7. The molecule has 0 atom stereocenters. The van der Waals surface area contributed by atoms with Crippen molar-refractivity contribution in [3.8, 4) is 22.4 Å². The van der Waals surface area contributed by atoms with E-state index in [4.69, 9.17) is 4.98 Å². The summed E-state index contributed by atoms with van der Waals surface area (Å²) in [6.07, 6.45) is 7.42. The summed E-state index contributed by atoms with van der Waals surface area (Å²) in [5.41, 5.74) is 10.5. The molecule has 0 saturated heterocycles. The molecule has 2 aromatic carbocycles. The molecule has 0 bridgehead atoms. The van der Waals surface area contributed by atoms with Crippen LogP contribution in [0.4, 0.5) is 17.5 Å². The predicted octanol–water partition coefficient (Wildman–Crippen LogP) is 6.25. The molecule has 202 valence electrons. The third-order valence-corrected chi connectivity index (χ3v) is 7.84. The zero-order chi connectivity index (χ0) is 28.2. The first-order valence-electron chi connectivity index (χ1n) is 13.5. The van der Waals surface area contributed by atoms with E-state index < -0.39 is 0 Å². The van der Waals surface area contributed by atoms with E-state index in [1.165, 1.54) is 0 Å². The molecule has 0 aliphatic carbocycles. The van der Waals surface area contributed by atoms with Gasteiger partial charge < -0.3 is 15.2 Å². The zero-order valence-electron chi connectivity index (χ0n) is 23.2. The van der Waals surface area contributed by atoms with Crippen molar-refractivity contribution in [3.05, 3.63) is 101 Å². The second-order valence-corrected chi connectivity index (χ2v) is 10.5. The standard InChI is InChI=1S/C32H28N8O/c1-18-14-33-12-11-21(18)22-7-5-9-24-26(22)17-40(31(24)41)27-10-6-8-23-25(16-34-30(23)27)29-19(2)15-35-32(37-29)36-28-13-20(3)39(4)38-28/h5-16,34H,17H2,1-4H3,(H,35,36,37,38). The van der Waals surface area contributed by atoms with Gasteiger partial charge in [0, 0.05) is 60.1 Å². The number of H-pyrrole nitrogens is 1. The number of pyridine rings is 1. The molecule has 0 saturated carbocycles.